The summed E-state index contributed by atoms with van der Waals surface area (Å²) < 4.78 is 1.74. The zero-order valence-electron chi connectivity index (χ0n) is 15.3. The first-order valence-electron chi connectivity index (χ1n) is 9.24. The van der Waals surface area contributed by atoms with Crippen LogP contribution in [-0.2, 0) is 6.54 Å². The third kappa shape index (κ3) is 4.24. The second kappa shape index (κ2) is 8.28. The van der Waals surface area contributed by atoms with Crippen LogP contribution in [-0.4, -0.2) is 60.9 Å². The molecule has 4 rings (SSSR count). The molecular formula is C20H22N6O2. The number of rotatable bonds is 5. The lowest BCUT2D eigenvalue weighted by molar-refractivity contribution is 0.0349. The number of piperidine rings is 1. The zero-order valence-corrected chi connectivity index (χ0v) is 15.3. The molecule has 1 aliphatic heterocycles. The van der Waals surface area contributed by atoms with Crippen LogP contribution in [0.25, 0.3) is 5.69 Å². The molecular weight excluding hydrogens is 356 g/mol. The summed E-state index contributed by atoms with van der Waals surface area (Å²) in [5.41, 5.74) is 2.46. The standard InChI is InChI=1S/C20H22N6O2/c27-19-12-25(11-15-3-2-7-21-10-15)8-6-18(19)24-20(28)16-4-1-5-17(9-16)26-13-22-23-14-26/h1-5,7,9-10,13-14,18-19,27H,6,8,11-12H2,(H,24,28)/t18-,19-/m1/s1. The minimum absolute atomic E-state index is 0.195. The lowest BCUT2D eigenvalue weighted by Crippen LogP contribution is -2.53. The molecule has 2 aromatic heterocycles. The van der Waals surface area contributed by atoms with Crippen molar-refractivity contribution in [3.8, 4) is 5.69 Å². The fourth-order valence-corrected chi connectivity index (χ4v) is 3.45. The monoisotopic (exact) mass is 378 g/mol. The van der Waals surface area contributed by atoms with Crippen LogP contribution in [0.15, 0.2) is 61.4 Å². The van der Waals surface area contributed by atoms with Gasteiger partial charge in [0.2, 0.25) is 0 Å². The molecule has 0 spiro atoms. The Bertz CT molecular complexity index is 915. The first-order valence-corrected chi connectivity index (χ1v) is 9.24. The number of aliphatic hydroxyl groups is 1. The van der Waals surface area contributed by atoms with E-state index in [4.69, 9.17) is 0 Å². The number of benzene rings is 1. The first-order chi connectivity index (χ1) is 13.7. The molecule has 0 radical (unpaired) electrons. The van der Waals surface area contributed by atoms with Gasteiger partial charge in [-0.25, -0.2) is 0 Å². The summed E-state index contributed by atoms with van der Waals surface area (Å²) in [6.07, 6.45) is 6.83. The third-order valence-electron chi connectivity index (χ3n) is 4.94. The van der Waals surface area contributed by atoms with E-state index in [1.165, 1.54) is 0 Å². The lowest BCUT2D eigenvalue weighted by Gasteiger charge is -2.36. The molecule has 3 aromatic rings. The highest BCUT2D eigenvalue weighted by atomic mass is 16.3. The van der Waals surface area contributed by atoms with Crippen LogP contribution in [0.1, 0.15) is 22.3 Å². The van der Waals surface area contributed by atoms with Crippen molar-refractivity contribution in [1.82, 2.24) is 30.0 Å². The molecule has 2 atom stereocenters. The van der Waals surface area contributed by atoms with Crippen LogP contribution in [0.4, 0.5) is 0 Å². The van der Waals surface area contributed by atoms with Gasteiger partial charge < -0.3 is 10.4 Å². The molecule has 1 fully saturated rings. The molecule has 144 valence electrons. The van der Waals surface area contributed by atoms with Gasteiger partial charge in [0, 0.05) is 43.3 Å². The van der Waals surface area contributed by atoms with Gasteiger partial charge in [-0.15, -0.1) is 10.2 Å². The average molecular weight is 378 g/mol. The highest BCUT2D eigenvalue weighted by Gasteiger charge is 2.29. The highest BCUT2D eigenvalue weighted by molar-refractivity contribution is 5.95. The fraction of sp³-hybridized carbons (Fsp3) is 0.300. The molecule has 1 saturated heterocycles. The van der Waals surface area contributed by atoms with Crippen molar-refractivity contribution in [2.45, 2.75) is 25.1 Å². The second-order valence-electron chi connectivity index (χ2n) is 6.95. The van der Waals surface area contributed by atoms with Crippen LogP contribution in [0, 0.1) is 0 Å². The zero-order chi connectivity index (χ0) is 19.3. The van der Waals surface area contributed by atoms with Crippen LogP contribution < -0.4 is 5.32 Å². The van der Waals surface area contributed by atoms with Crippen LogP contribution in [0.5, 0.6) is 0 Å². The van der Waals surface area contributed by atoms with E-state index < -0.39 is 6.10 Å². The maximum absolute atomic E-state index is 12.7. The summed E-state index contributed by atoms with van der Waals surface area (Å²) >= 11 is 0. The van der Waals surface area contributed by atoms with Gasteiger partial charge in [0.05, 0.1) is 12.1 Å². The number of hydrogen-bond acceptors (Lipinski definition) is 6. The summed E-state index contributed by atoms with van der Waals surface area (Å²) in [5.74, 6) is -0.195. The average Bonchev–Trinajstić information content (AvgIpc) is 3.26. The predicted octanol–water partition coefficient (Wildman–Crippen LogP) is 1.03. The van der Waals surface area contributed by atoms with Gasteiger partial charge in [-0.1, -0.05) is 12.1 Å². The van der Waals surface area contributed by atoms with Crippen molar-refractivity contribution in [3.63, 3.8) is 0 Å². The van der Waals surface area contributed by atoms with E-state index in [-0.39, 0.29) is 11.9 Å². The first kappa shape index (κ1) is 18.3. The molecule has 0 unspecified atom stereocenters. The van der Waals surface area contributed by atoms with E-state index in [9.17, 15) is 9.90 Å². The lowest BCUT2D eigenvalue weighted by atomic mass is 10.0. The van der Waals surface area contributed by atoms with Crippen molar-refractivity contribution in [2.24, 2.45) is 0 Å². The molecule has 1 amide bonds. The number of aliphatic hydroxyl groups excluding tert-OH is 1. The van der Waals surface area contributed by atoms with Gasteiger partial charge in [0.15, 0.2) is 0 Å². The van der Waals surface area contributed by atoms with E-state index in [2.05, 4.69) is 25.4 Å². The fourth-order valence-electron chi connectivity index (χ4n) is 3.45. The van der Waals surface area contributed by atoms with Crippen molar-refractivity contribution in [1.29, 1.82) is 0 Å². The van der Waals surface area contributed by atoms with Gasteiger partial charge in [-0.2, -0.15) is 0 Å². The number of β-amino-alcohol motifs (C(OH)–C–C–N with tert-alkyl or cyclic N) is 1. The predicted molar refractivity (Wildman–Crippen MR) is 103 cm³/mol. The van der Waals surface area contributed by atoms with E-state index in [0.717, 1.165) is 24.3 Å². The van der Waals surface area contributed by atoms with Crippen molar-refractivity contribution in [2.75, 3.05) is 13.1 Å². The Morgan fingerprint density at radius 2 is 2.07 bits per heavy atom. The number of carbonyl (C=O) groups excluding carboxylic acids is 1. The van der Waals surface area contributed by atoms with E-state index in [1.807, 2.05) is 30.5 Å². The van der Waals surface area contributed by atoms with Gasteiger partial charge in [0.25, 0.3) is 5.91 Å². The number of pyridine rings is 1. The smallest absolute Gasteiger partial charge is 0.251 e. The Morgan fingerprint density at radius 1 is 1.21 bits per heavy atom. The number of nitrogens with one attached hydrogen (secondary N) is 1. The summed E-state index contributed by atoms with van der Waals surface area (Å²) in [7, 11) is 0. The van der Waals surface area contributed by atoms with Crippen LogP contribution in [0.3, 0.4) is 0 Å². The third-order valence-corrected chi connectivity index (χ3v) is 4.94. The second-order valence-corrected chi connectivity index (χ2v) is 6.95. The summed E-state index contributed by atoms with van der Waals surface area (Å²) in [6, 6.07) is 10.9. The summed E-state index contributed by atoms with van der Waals surface area (Å²) in [6.45, 7) is 2.06. The summed E-state index contributed by atoms with van der Waals surface area (Å²) in [4.78, 5) is 19.0. The van der Waals surface area contributed by atoms with Crippen molar-refractivity contribution >= 4 is 5.91 Å². The molecule has 0 bridgehead atoms. The van der Waals surface area contributed by atoms with E-state index >= 15 is 0 Å². The Kier molecular flexibility index (Phi) is 5.41. The number of carbonyl (C=O) groups is 1. The van der Waals surface area contributed by atoms with Gasteiger partial charge in [0.1, 0.15) is 12.7 Å². The van der Waals surface area contributed by atoms with Gasteiger partial charge in [-0.05, 0) is 36.2 Å². The maximum Gasteiger partial charge on any atom is 0.251 e. The van der Waals surface area contributed by atoms with Gasteiger partial charge >= 0.3 is 0 Å². The molecule has 2 N–H and O–H groups in total. The van der Waals surface area contributed by atoms with Crippen LogP contribution >= 0.6 is 0 Å². The molecule has 28 heavy (non-hydrogen) atoms. The van der Waals surface area contributed by atoms with Crippen molar-refractivity contribution < 1.29 is 9.90 Å². The van der Waals surface area contributed by atoms with E-state index in [1.54, 1.807) is 35.6 Å². The quantitative estimate of drug-likeness (QED) is 0.688. The number of hydrogen-bond donors (Lipinski definition) is 2. The number of likely N-dealkylation sites (tertiary alicyclic amines) is 1. The molecule has 8 nitrogen and oxygen atoms in total. The highest BCUT2D eigenvalue weighted by Crippen LogP contribution is 2.16. The molecule has 0 saturated carbocycles. The van der Waals surface area contributed by atoms with Crippen LogP contribution in [0.2, 0.25) is 0 Å². The minimum atomic E-state index is -0.615. The largest absolute Gasteiger partial charge is 0.390 e. The molecule has 1 aliphatic rings. The molecule has 0 aliphatic carbocycles. The van der Waals surface area contributed by atoms with Gasteiger partial charge in [-0.3, -0.25) is 19.2 Å². The molecule has 3 heterocycles. The number of nitrogens with zero attached hydrogens (tertiary/aromatic N) is 5. The Morgan fingerprint density at radius 3 is 2.82 bits per heavy atom. The SMILES string of the molecule is O=C(N[C@@H]1CCN(Cc2cccnc2)C[C@H]1O)c1cccc(-n2cnnc2)c1. The van der Waals surface area contributed by atoms with Crippen molar-refractivity contribution in [3.05, 3.63) is 72.6 Å². The summed E-state index contributed by atoms with van der Waals surface area (Å²) in [5, 5.41) is 21.1. The van der Waals surface area contributed by atoms with E-state index in [0.29, 0.717) is 18.5 Å². The Labute approximate surface area is 162 Å². The Hall–Kier alpha value is -3.10. The number of amides is 1. The topological polar surface area (TPSA) is 96.2 Å². The number of aromatic nitrogens is 4. The maximum atomic E-state index is 12.7. The molecule has 8 heteroatoms. The Balaban J connectivity index is 1.36. The minimum Gasteiger partial charge on any atom is -0.390 e. The molecule has 1 aromatic carbocycles. The normalized spacial score (nSPS) is 20.0.